The van der Waals surface area contributed by atoms with Gasteiger partial charge in [0.1, 0.15) is 0 Å². The molecule has 0 radical (unpaired) electrons. The van der Waals surface area contributed by atoms with E-state index in [0.29, 0.717) is 28.9 Å². The zero-order chi connectivity index (χ0) is 23.2. The smallest absolute Gasteiger partial charge is 0.238 e. The predicted molar refractivity (Wildman–Crippen MR) is 131 cm³/mol. The molecule has 0 bridgehead atoms. The monoisotopic (exact) mass is 471 g/mol. The lowest BCUT2D eigenvalue weighted by Crippen LogP contribution is -2.34. The van der Waals surface area contributed by atoms with Crippen LogP contribution in [-0.4, -0.2) is 30.1 Å². The van der Waals surface area contributed by atoms with Gasteiger partial charge in [-0.2, -0.15) is 0 Å². The van der Waals surface area contributed by atoms with Gasteiger partial charge in [0, 0.05) is 24.7 Å². The fourth-order valence-corrected chi connectivity index (χ4v) is 5.43. The van der Waals surface area contributed by atoms with Crippen molar-refractivity contribution in [3.8, 4) is 11.5 Å². The normalized spacial score (nSPS) is 16.9. The van der Waals surface area contributed by atoms with Gasteiger partial charge in [0.25, 0.3) is 0 Å². The fourth-order valence-electron chi connectivity index (χ4n) is 4.44. The number of benzene rings is 3. The topological polar surface area (TPSA) is 72.0 Å². The van der Waals surface area contributed by atoms with Gasteiger partial charge in [-0.3, -0.25) is 14.5 Å². The molecule has 2 aliphatic rings. The molecule has 6 rings (SSSR count). The van der Waals surface area contributed by atoms with Crippen molar-refractivity contribution >= 4 is 49.9 Å². The second kappa shape index (κ2) is 8.14. The number of hydrogen-bond acceptors (Lipinski definition) is 6. The predicted octanol–water partition coefficient (Wildman–Crippen LogP) is 5.05. The molecule has 4 aromatic rings. The lowest BCUT2D eigenvalue weighted by molar-refractivity contribution is -0.123. The van der Waals surface area contributed by atoms with Crippen LogP contribution in [0.1, 0.15) is 12.0 Å². The highest BCUT2D eigenvalue weighted by Gasteiger charge is 2.39. The molecule has 0 saturated carbocycles. The van der Waals surface area contributed by atoms with Crippen LogP contribution in [-0.2, 0) is 9.59 Å². The molecule has 2 amide bonds. The average molecular weight is 472 g/mol. The molecule has 1 saturated heterocycles. The van der Waals surface area contributed by atoms with E-state index < -0.39 is 5.92 Å². The maximum absolute atomic E-state index is 14.0. The van der Waals surface area contributed by atoms with E-state index in [1.807, 2.05) is 61.5 Å². The summed E-state index contributed by atoms with van der Waals surface area (Å²) in [5.41, 5.74) is 3.29. The van der Waals surface area contributed by atoms with E-state index in [0.717, 1.165) is 21.5 Å². The largest absolute Gasteiger partial charge is 0.454 e. The van der Waals surface area contributed by atoms with Crippen LogP contribution in [0, 0.1) is 12.8 Å². The van der Waals surface area contributed by atoms with Crippen LogP contribution in [0.25, 0.3) is 10.2 Å². The SMILES string of the molecule is Cc1ccccc1N(C(=O)C1CC(=O)N(c2ccc3c(c2)OCO3)C1)c1nc2ccccc2s1. The fraction of sp³-hybridized carbons (Fsp3) is 0.192. The molecule has 7 nitrogen and oxygen atoms in total. The number of hydrogen-bond donors (Lipinski definition) is 0. The summed E-state index contributed by atoms with van der Waals surface area (Å²) in [6, 6.07) is 21.0. The van der Waals surface area contributed by atoms with Gasteiger partial charge in [-0.05, 0) is 42.8 Å². The Bertz CT molecular complexity index is 1400. The molecule has 1 aromatic heterocycles. The molecular formula is C26H21N3O4S. The van der Waals surface area contributed by atoms with E-state index in [-0.39, 0.29) is 25.0 Å². The molecule has 0 spiro atoms. The molecule has 0 aliphatic carbocycles. The Kier molecular flexibility index (Phi) is 4.95. The van der Waals surface area contributed by atoms with Gasteiger partial charge < -0.3 is 14.4 Å². The van der Waals surface area contributed by atoms with Crippen LogP contribution in [0.3, 0.4) is 0 Å². The van der Waals surface area contributed by atoms with Crippen molar-refractivity contribution in [2.75, 3.05) is 23.1 Å². The number of rotatable bonds is 4. The number of aromatic nitrogens is 1. The van der Waals surface area contributed by atoms with Crippen LogP contribution in [0.5, 0.6) is 11.5 Å². The van der Waals surface area contributed by atoms with Gasteiger partial charge >= 0.3 is 0 Å². The van der Waals surface area contributed by atoms with Crippen molar-refractivity contribution in [2.45, 2.75) is 13.3 Å². The summed E-state index contributed by atoms with van der Waals surface area (Å²) in [6.07, 6.45) is 0.139. The maximum Gasteiger partial charge on any atom is 0.238 e. The Labute approximate surface area is 200 Å². The third-order valence-electron chi connectivity index (χ3n) is 6.19. The highest BCUT2D eigenvalue weighted by molar-refractivity contribution is 7.22. The molecule has 1 atom stereocenters. The van der Waals surface area contributed by atoms with E-state index in [9.17, 15) is 9.59 Å². The number of para-hydroxylation sites is 2. The zero-order valence-corrected chi connectivity index (χ0v) is 19.2. The second-order valence-electron chi connectivity index (χ2n) is 8.37. The number of amides is 2. The van der Waals surface area contributed by atoms with E-state index in [2.05, 4.69) is 0 Å². The standard InChI is InChI=1S/C26H21N3O4S/c1-16-6-2-4-8-20(16)29(26-27-19-7-3-5-9-23(19)34-26)25(31)17-12-24(30)28(14-17)18-10-11-21-22(13-18)33-15-32-21/h2-11,13,17H,12,14-15H2,1H3. The van der Waals surface area contributed by atoms with E-state index in [1.54, 1.807) is 21.9 Å². The summed E-state index contributed by atoms with van der Waals surface area (Å²) < 4.78 is 11.8. The molecule has 2 aliphatic heterocycles. The van der Waals surface area contributed by atoms with Crippen molar-refractivity contribution in [3.63, 3.8) is 0 Å². The second-order valence-corrected chi connectivity index (χ2v) is 9.38. The molecular weight excluding hydrogens is 450 g/mol. The summed E-state index contributed by atoms with van der Waals surface area (Å²) in [5, 5.41) is 0.606. The van der Waals surface area contributed by atoms with Gasteiger partial charge in [-0.15, -0.1) is 0 Å². The highest BCUT2D eigenvalue weighted by Crippen LogP contribution is 2.40. The molecule has 1 fully saturated rings. The van der Waals surface area contributed by atoms with E-state index in [4.69, 9.17) is 14.5 Å². The van der Waals surface area contributed by atoms with Crippen LogP contribution in [0.2, 0.25) is 0 Å². The third kappa shape index (κ3) is 3.47. The molecule has 1 unspecified atom stereocenters. The first-order chi connectivity index (χ1) is 16.6. The quantitative estimate of drug-likeness (QED) is 0.416. The minimum atomic E-state index is -0.496. The maximum atomic E-state index is 14.0. The molecule has 3 aromatic carbocycles. The molecule has 0 N–H and O–H groups in total. The lowest BCUT2D eigenvalue weighted by Gasteiger charge is -2.25. The van der Waals surface area contributed by atoms with Crippen molar-refractivity contribution in [1.82, 2.24) is 4.98 Å². The Hall–Kier alpha value is -3.91. The van der Waals surface area contributed by atoms with Gasteiger partial charge in [-0.1, -0.05) is 41.7 Å². The van der Waals surface area contributed by atoms with Crippen LogP contribution in [0.15, 0.2) is 66.7 Å². The summed E-state index contributed by atoms with van der Waals surface area (Å²) in [4.78, 5) is 35.0. The summed E-state index contributed by atoms with van der Waals surface area (Å²) in [7, 11) is 0. The first kappa shape index (κ1) is 20.7. The number of ether oxygens (including phenoxy) is 2. The Morgan fingerprint density at radius 3 is 2.71 bits per heavy atom. The minimum absolute atomic E-state index is 0.0914. The van der Waals surface area contributed by atoms with Crippen molar-refractivity contribution in [3.05, 3.63) is 72.3 Å². The van der Waals surface area contributed by atoms with E-state index in [1.165, 1.54) is 11.3 Å². The summed E-state index contributed by atoms with van der Waals surface area (Å²) in [6.45, 7) is 2.44. The van der Waals surface area contributed by atoms with Gasteiger partial charge in [0.15, 0.2) is 16.6 Å². The Morgan fingerprint density at radius 1 is 1.06 bits per heavy atom. The summed E-state index contributed by atoms with van der Waals surface area (Å²) >= 11 is 1.47. The van der Waals surface area contributed by atoms with E-state index >= 15 is 0 Å². The molecule has 170 valence electrons. The van der Waals surface area contributed by atoms with Crippen molar-refractivity contribution < 1.29 is 19.1 Å². The average Bonchev–Trinajstić information content (AvgIpc) is 3.57. The van der Waals surface area contributed by atoms with Gasteiger partial charge in [0.05, 0.1) is 21.8 Å². The van der Waals surface area contributed by atoms with Crippen molar-refractivity contribution in [2.24, 2.45) is 5.92 Å². The first-order valence-corrected chi connectivity index (χ1v) is 11.9. The molecule has 8 heteroatoms. The third-order valence-corrected chi connectivity index (χ3v) is 7.21. The highest BCUT2D eigenvalue weighted by atomic mass is 32.1. The zero-order valence-electron chi connectivity index (χ0n) is 18.4. The van der Waals surface area contributed by atoms with Gasteiger partial charge in [0.2, 0.25) is 18.6 Å². The van der Waals surface area contributed by atoms with Crippen molar-refractivity contribution in [1.29, 1.82) is 0 Å². The number of nitrogens with zero attached hydrogens (tertiary/aromatic N) is 3. The number of aryl methyl sites for hydroxylation is 1. The number of carbonyl (C=O) groups excluding carboxylic acids is 2. The van der Waals surface area contributed by atoms with Gasteiger partial charge in [-0.25, -0.2) is 4.98 Å². The number of carbonyl (C=O) groups is 2. The molecule has 3 heterocycles. The lowest BCUT2D eigenvalue weighted by atomic mass is 10.1. The number of thiazole rings is 1. The summed E-state index contributed by atoms with van der Waals surface area (Å²) in [5.74, 6) is 0.543. The Balaban J connectivity index is 1.35. The number of fused-ring (bicyclic) bond motifs is 2. The van der Waals surface area contributed by atoms with Crippen LogP contribution >= 0.6 is 11.3 Å². The van der Waals surface area contributed by atoms with Crippen LogP contribution in [0.4, 0.5) is 16.5 Å². The van der Waals surface area contributed by atoms with Crippen LogP contribution < -0.4 is 19.3 Å². The Morgan fingerprint density at radius 2 is 1.85 bits per heavy atom. The number of anilines is 3. The minimum Gasteiger partial charge on any atom is -0.454 e. The molecule has 34 heavy (non-hydrogen) atoms. The first-order valence-electron chi connectivity index (χ1n) is 11.0.